The van der Waals surface area contributed by atoms with Gasteiger partial charge in [-0.15, -0.1) is 0 Å². The number of amides is 2. The summed E-state index contributed by atoms with van der Waals surface area (Å²) in [5, 5.41) is 11.5. The standard InChI is InChI=1S/C15H23N3O3/c1-10-8-12(17(3)4)9-11(2)14(10)16-15(21)18(5)7-6-13(19)20/h8-9H,6-7H2,1-5H3,(H,16,21)(H,19,20). The zero-order chi connectivity index (χ0) is 16.2. The van der Waals surface area contributed by atoms with Crippen molar-refractivity contribution >= 4 is 23.4 Å². The second-order valence-corrected chi connectivity index (χ2v) is 5.34. The first-order valence-electron chi connectivity index (χ1n) is 6.75. The van der Waals surface area contributed by atoms with Crippen LogP contribution in [-0.4, -0.2) is 49.7 Å². The Morgan fingerprint density at radius 3 is 2.10 bits per heavy atom. The lowest BCUT2D eigenvalue weighted by Gasteiger charge is -2.21. The highest BCUT2D eigenvalue weighted by Crippen LogP contribution is 2.26. The molecule has 0 heterocycles. The molecule has 0 fully saturated rings. The lowest BCUT2D eigenvalue weighted by atomic mass is 10.1. The van der Waals surface area contributed by atoms with Crippen LogP contribution in [0.2, 0.25) is 0 Å². The fraction of sp³-hybridized carbons (Fsp3) is 0.467. The molecule has 0 saturated heterocycles. The summed E-state index contributed by atoms with van der Waals surface area (Å²) < 4.78 is 0. The lowest BCUT2D eigenvalue weighted by Crippen LogP contribution is -2.33. The minimum Gasteiger partial charge on any atom is -0.481 e. The van der Waals surface area contributed by atoms with Gasteiger partial charge in [-0.1, -0.05) is 0 Å². The maximum absolute atomic E-state index is 12.1. The number of benzene rings is 1. The molecule has 21 heavy (non-hydrogen) atoms. The van der Waals surface area contributed by atoms with Crippen LogP contribution < -0.4 is 10.2 Å². The molecule has 6 nitrogen and oxygen atoms in total. The molecule has 0 unspecified atom stereocenters. The van der Waals surface area contributed by atoms with E-state index in [0.29, 0.717) is 0 Å². The van der Waals surface area contributed by atoms with E-state index in [1.807, 2.05) is 45.0 Å². The smallest absolute Gasteiger partial charge is 0.321 e. The largest absolute Gasteiger partial charge is 0.481 e. The number of carboxylic acids is 1. The van der Waals surface area contributed by atoms with Crippen LogP contribution in [0.15, 0.2) is 12.1 Å². The molecule has 0 radical (unpaired) electrons. The van der Waals surface area contributed by atoms with Crippen molar-refractivity contribution in [2.24, 2.45) is 0 Å². The fourth-order valence-corrected chi connectivity index (χ4v) is 1.96. The molecule has 0 saturated carbocycles. The normalized spacial score (nSPS) is 10.1. The number of anilines is 2. The Kier molecular flexibility index (Phi) is 5.58. The summed E-state index contributed by atoms with van der Waals surface area (Å²) in [7, 11) is 5.51. The van der Waals surface area contributed by atoms with Crippen LogP contribution in [0.1, 0.15) is 17.5 Å². The van der Waals surface area contributed by atoms with Gasteiger partial charge in [-0.3, -0.25) is 4.79 Å². The second-order valence-electron chi connectivity index (χ2n) is 5.34. The van der Waals surface area contributed by atoms with Crippen molar-refractivity contribution in [2.45, 2.75) is 20.3 Å². The van der Waals surface area contributed by atoms with Crippen molar-refractivity contribution in [3.63, 3.8) is 0 Å². The van der Waals surface area contributed by atoms with Crippen LogP contribution in [0.4, 0.5) is 16.2 Å². The molecule has 0 aliphatic carbocycles. The Morgan fingerprint density at radius 1 is 1.14 bits per heavy atom. The molecule has 0 atom stereocenters. The molecule has 116 valence electrons. The van der Waals surface area contributed by atoms with E-state index in [9.17, 15) is 9.59 Å². The van der Waals surface area contributed by atoms with Crippen LogP contribution in [0.5, 0.6) is 0 Å². The minimum absolute atomic E-state index is 0.0680. The van der Waals surface area contributed by atoms with Gasteiger partial charge in [-0.2, -0.15) is 0 Å². The summed E-state index contributed by atoms with van der Waals surface area (Å²) in [5.41, 5.74) is 3.78. The molecule has 1 aromatic rings. The number of rotatable bonds is 5. The Labute approximate surface area is 125 Å². The maximum Gasteiger partial charge on any atom is 0.321 e. The van der Waals surface area contributed by atoms with Gasteiger partial charge < -0.3 is 20.2 Å². The van der Waals surface area contributed by atoms with Crippen LogP contribution in [0.25, 0.3) is 0 Å². The number of aryl methyl sites for hydroxylation is 2. The predicted molar refractivity (Wildman–Crippen MR) is 84.1 cm³/mol. The highest BCUT2D eigenvalue weighted by molar-refractivity contribution is 5.91. The van der Waals surface area contributed by atoms with Gasteiger partial charge in [0, 0.05) is 39.1 Å². The van der Waals surface area contributed by atoms with E-state index in [-0.39, 0.29) is 19.0 Å². The van der Waals surface area contributed by atoms with Gasteiger partial charge in [-0.05, 0) is 37.1 Å². The topological polar surface area (TPSA) is 72.9 Å². The zero-order valence-electron chi connectivity index (χ0n) is 13.2. The second kappa shape index (κ2) is 6.97. The van der Waals surface area contributed by atoms with Crippen LogP contribution >= 0.6 is 0 Å². The fourth-order valence-electron chi connectivity index (χ4n) is 1.96. The van der Waals surface area contributed by atoms with E-state index in [0.717, 1.165) is 22.5 Å². The van der Waals surface area contributed by atoms with Gasteiger partial charge in [0.25, 0.3) is 0 Å². The number of aliphatic carboxylic acids is 1. The summed E-state index contributed by atoms with van der Waals surface area (Å²) in [6, 6.07) is 3.69. The van der Waals surface area contributed by atoms with Crippen molar-refractivity contribution < 1.29 is 14.7 Å². The molecule has 0 aromatic heterocycles. The number of carboxylic acid groups (broad SMARTS) is 1. The quantitative estimate of drug-likeness (QED) is 0.873. The third-order valence-electron chi connectivity index (χ3n) is 3.27. The molecular formula is C15H23N3O3. The summed E-state index contributed by atoms with van der Waals surface area (Å²) in [4.78, 5) is 26.0. The molecule has 2 N–H and O–H groups in total. The molecule has 0 bridgehead atoms. The van der Waals surface area contributed by atoms with Gasteiger partial charge in [0.1, 0.15) is 0 Å². The molecule has 6 heteroatoms. The number of hydrogen-bond donors (Lipinski definition) is 2. The van der Waals surface area contributed by atoms with Crippen molar-refractivity contribution in [3.8, 4) is 0 Å². The third-order valence-corrected chi connectivity index (χ3v) is 3.27. The number of nitrogens with one attached hydrogen (secondary N) is 1. The van der Waals surface area contributed by atoms with Gasteiger partial charge in [0.15, 0.2) is 0 Å². The van der Waals surface area contributed by atoms with Gasteiger partial charge in [0.2, 0.25) is 0 Å². The van der Waals surface area contributed by atoms with E-state index in [1.165, 1.54) is 4.90 Å². The summed E-state index contributed by atoms with van der Waals surface area (Å²) >= 11 is 0. The van der Waals surface area contributed by atoms with Gasteiger partial charge in [0.05, 0.1) is 6.42 Å². The number of hydrogen-bond acceptors (Lipinski definition) is 3. The number of carbonyl (C=O) groups is 2. The minimum atomic E-state index is -0.919. The van der Waals surface area contributed by atoms with Crippen molar-refractivity contribution in [1.29, 1.82) is 0 Å². The number of carbonyl (C=O) groups excluding carboxylic acids is 1. The molecule has 2 amide bonds. The van der Waals surface area contributed by atoms with Crippen molar-refractivity contribution in [1.82, 2.24) is 4.90 Å². The molecular weight excluding hydrogens is 270 g/mol. The summed E-state index contributed by atoms with van der Waals surface area (Å²) in [5.74, 6) is -0.919. The highest BCUT2D eigenvalue weighted by atomic mass is 16.4. The Hall–Kier alpha value is -2.24. The Balaban J connectivity index is 2.83. The van der Waals surface area contributed by atoms with Gasteiger partial charge in [-0.25, -0.2) is 4.79 Å². The molecule has 0 aliphatic rings. The average Bonchev–Trinajstić information content (AvgIpc) is 2.39. The average molecular weight is 293 g/mol. The first kappa shape index (κ1) is 16.8. The molecule has 1 aromatic carbocycles. The predicted octanol–water partition coefficient (Wildman–Crippen LogP) is 2.31. The summed E-state index contributed by atoms with van der Waals surface area (Å²) in [6.45, 7) is 4.05. The van der Waals surface area contributed by atoms with Crippen molar-refractivity contribution in [3.05, 3.63) is 23.3 Å². The molecule has 1 rings (SSSR count). The van der Waals surface area contributed by atoms with Crippen LogP contribution in [0.3, 0.4) is 0 Å². The van der Waals surface area contributed by atoms with Crippen LogP contribution in [-0.2, 0) is 4.79 Å². The van der Waals surface area contributed by atoms with Gasteiger partial charge >= 0.3 is 12.0 Å². The zero-order valence-corrected chi connectivity index (χ0v) is 13.2. The van der Waals surface area contributed by atoms with Crippen LogP contribution in [0, 0.1) is 13.8 Å². The SMILES string of the molecule is Cc1cc(N(C)C)cc(C)c1NC(=O)N(C)CCC(=O)O. The maximum atomic E-state index is 12.1. The van der Waals surface area contributed by atoms with E-state index >= 15 is 0 Å². The molecule has 0 aliphatic heterocycles. The van der Waals surface area contributed by atoms with E-state index in [1.54, 1.807) is 7.05 Å². The third kappa shape index (κ3) is 4.66. The lowest BCUT2D eigenvalue weighted by molar-refractivity contribution is -0.137. The first-order chi connectivity index (χ1) is 9.72. The van der Waals surface area contributed by atoms with E-state index < -0.39 is 5.97 Å². The summed E-state index contributed by atoms with van der Waals surface area (Å²) in [6.07, 6.45) is -0.0680. The monoisotopic (exact) mass is 293 g/mol. The van der Waals surface area contributed by atoms with E-state index in [2.05, 4.69) is 5.32 Å². The number of urea groups is 1. The first-order valence-corrected chi connectivity index (χ1v) is 6.75. The Bertz CT molecular complexity index is 518. The van der Waals surface area contributed by atoms with E-state index in [4.69, 9.17) is 5.11 Å². The molecule has 0 spiro atoms. The van der Waals surface area contributed by atoms with Crippen molar-refractivity contribution in [2.75, 3.05) is 37.9 Å². The highest BCUT2D eigenvalue weighted by Gasteiger charge is 2.14. The number of nitrogens with zero attached hydrogens (tertiary/aromatic N) is 2. The Morgan fingerprint density at radius 2 is 1.67 bits per heavy atom.